The van der Waals surface area contributed by atoms with Crippen LogP contribution in [0, 0.1) is 5.41 Å². The van der Waals surface area contributed by atoms with Gasteiger partial charge in [-0.3, -0.25) is 9.69 Å². The first-order valence-corrected chi connectivity index (χ1v) is 8.94. The molecule has 3 N–H and O–H groups in total. The van der Waals surface area contributed by atoms with E-state index in [1.807, 2.05) is 19.9 Å². The van der Waals surface area contributed by atoms with E-state index in [0.29, 0.717) is 13.1 Å². The maximum absolute atomic E-state index is 12.7. The molecule has 128 valence electrons. The number of hydrogen-bond acceptors (Lipinski definition) is 3. The summed E-state index contributed by atoms with van der Waals surface area (Å²) in [7, 11) is 0. The van der Waals surface area contributed by atoms with Gasteiger partial charge in [-0.15, -0.1) is 0 Å². The van der Waals surface area contributed by atoms with Gasteiger partial charge in [0.05, 0.1) is 11.5 Å². The third-order valence-corrected chi connectivity index (χ3v) is 5.45. The third kappa shape index (κ3) is 4.12. The lowest BCUT2D eigenvalue weighted by atomic mass is 9.81. The Morgan fingerprint density at radius 2 is 1.83 bits per heavy atom. The lowest BCUT2D eigenvalue weighted by molar-refractivity contribution is -0.131. The van der Waals surface area contributed by atoms with Gasteiger partial charge in [-0.1, -0.05) is 44.2 Å². The first-order valence-electron chi connectivity index (χ1n) is 8.94. The molecule has 1 amide bonds. The zero-order valence-electron chi connectivity index (χ0n) is 14.6. The average molecular weight is 317 g/mol. The van der Waals surface area contributed by atoms with Crippen molar-refractivity contribution in [3.05, 3.63) is 35.9 Å². The normalized spacial score (nSPS) is 17.2. The Bertz CT molecular complexity index is 470. The van der Waals surface area contributed by atoms with Gasteiger partial charge < -0.3 is 11.1 Å². The molecule has 1 heterocycles. The highest BCUT2D eigenvalue weighted by atomic mass is 16.2. The predicted molar refractivity (Wildman–Crippen MR) is 95.1 cm³/mol. The molecule has 23 heavy (non-hydrogen) atoms. The maximum atomic E-state index is 12.7. The molecule has 4 nitrogen and oxygen atoms in total. The van der Waals surface area contributed by atoms with Crippen LogP contribution in [0.15, 0.2) is 30.3 Å². The van der Waals surface area contributed by atoms with Gasteiger partial charge in [0.25, 0.3) is 0 Å². The number of nitrogens with zero attached hydrogens (tertiary/aromatic N) is 1. The number of carbonyl (C=O) groups is 1. The van der Waals surface area contributed by atoms with Crippen LogP contribution in [0.3, 0.4) is 0 Å². The summed E-state index contributed by atoms with van der Waals surface area (Å²) in [6, 6.07) is 10.8. The quantitative estimate of drug-likeness (QED) is 0.775. The lowest BCUT2D eigenvalue weighted by Gasteiger charge is -2.32. The van der Waals surface area contributed by atoms with Crippen LogP contribution in [0.1, 0.15) is 51.1 Å². The van der Waals surface area contributed by atoms with Crippen molar-refractivity contribution >= 4 is 5.91 Å². The van der Waals surface area contributed by atoms with E-state index in [1.165, 1.54) is 18.4 Å². The van der Waals surface area contributed by atoms with Crippen LogP contribution in [0.4, 0.5) is 0 Å². The summed E-state index contributed by atoms with van der Waals surface area (Å²) in [5.74, 6) is 0.102. The smallest absolute Gasteiger partial charge is 0.227 e. The Hall–Kier alpha value is -1.39. The fourth-order valence-corrected chi connectivity index (χ4v) is 3.52. The highest BCUT2D eigenvalue weighted by Crippen LogP contribution is 2.27. The second-order valence-corrected chi connectivity index (χ2v) is 6.57. The van der Waals surface area contributed by atoms with Crippen LogP contribution in [-0.2, 0) is 4.79 Å². The molecule has 1 aromatic carbocycles. The van der Waals surface area contributed by atoms with E-state index < -0.39 is 5.41 Å². The van der Waals surface area contributed by atoms with Crippen LogP contribution in [0.5, 0.6) is 0 Å². The molecule has 0 aromatic heterocycles. The third-order valence-electron chi connectivity index (χ3n) is 5.45. The number of carbonyl (C=O) groups excluding carboxylic acids is 1. The Labute approximate surface area is 140 Å². The SMILES string of the molecule is CCC(CC)(CN)C(=O)NCC(c1ccccc1)N1CCCC1. The van der Waals surface area contributed by atoms with Crippen molar-refractivity contribution in [2.75, 3.05) is 26.2 Å². The molecule has 2 rings (SSSR count). The van der Waals surface area contributed by atoms with Gasteiger partial charge >= 0.3 is 0 Å². The average Bonchev–Trinajstić information content (AvgIpc) is 3.12. The lowest BCUT2D eigenvalue weighted by Crippen LogP contribution is -2.47. The molecule has 1 aliphatic heterocycles. The van der Waals surface area contributed by atoms with Crippen molar-refractivity contribution in [2.45, 2.75) is 45.6 Å². The van der Waals surface area contributed by atoms with Gasteiger partial charge in [0.1, 0.15) is 0 Å². The molecule has 1 fully saturated rings. The van der Waals surface area contributed by atoms with Gasteiger partial charge in [0.15, 0.2) is 0 Å². The second kappa shape index (κ2) is 8.46. The van der Waals surface area contributed by atoms with Crippen molar-refractivity contribution in [3.8, 4) is 0 Å². The number of nitrogens with two attached hydrogens (primary N) is 1. The predicted octanol–water partition coefficient (Wildman–Crippen LogP) is 2.70. The Balaban J connectivity index is 2.08. The topological polar surface area (TPSA) is 58.4 Å². The molecule has 4 heteroatoms. The van der Waals surface area contributed by atoms with Gasteiger partial charge in [0.2, 0.25) is 5.91 Å². The van der Waals surface area contributed by atoms with Crippen molar-refractivity contribution in [2.24, 2.45) is 11.1 Å². The zero-order chi connectivity index (χ0) is 16.7. The van der Waals surface area contributed by atoms with Crippen molar-refractivity contribution in [1.82, 2.24) is 10.2 Å². The van der Waals surface area contributed by atoms with E-state index >= 15 is 0 Å². The van der Waals surface area contributed by atoms with Gasteiger partial charge in [-0.25, -0.2) is 0 Å². The monoisotopic (exact) mass is 317 g/mol. The Kier molecular flexibility index (Phi) is 6.60. The van der Waals surface area contributed by atoms with Crippen LogP contribution in [0.25, 0.3) is 0 Å². The summed E-state index contributed by atoms with van der Waals surface area (Å²) in [4.78, 5) is 15.2. The molecule has 0 spiro atoms. The molecule has 1 aliphatic rings. The number of nitrogens with one attached hydrogen (secondary N) is 1. The number of amides is 1. The van der Waals surface area contributed by atoms with E-state index in [4.69, 9.17) is 5.73 Å². The van der Waals surface area contributed by atoms with E-state index in [9.17, 15) is 4.79 Å². The highest BCUT2D eigenvalue weighted by molar-refractivity contribution is 5.82. The Morgan fingerprint density at radius 3 is 2.35 bits per heavy atom. The van der Waals surface area contributed by atoms with E-state index in [2.05, 4.69) is 34.5 Å². The summed E-state index contributed by atoms with van der Waals surface area (Å²) >= 11 is 0. The number of benzene rings is 1. The fraction of sp³-hybridized carbons (Fsp3) is 0.632. The molecule has 1 aromatic rings. The first kappa shape index (κ1) is 18.0. The Morgan fingerprint density at radius 1 is 1.22 bits per heavy atom. The minimum absolute atomic E-state index is 0.102. The molecule has 0 bridgehead atoms. The standard InChI is InChI=1S/C19H31N3O/c1-3-19(4-2,15-20)18(23)21-14-17(22-12-8-9-13-22)16-10-6-5-7-11-16/h5-7,10-11,17H,3-4,8-9,12-15,20H2,1-2H3,(H,21,23). The number of likely N-dealkylation sites (tertiary alicyclic amines) is 1. The molecule has 0 radical (unpaired) electrons. The van der Waals surface area contributed by atoms with Gasteiger partial charge in [0, 0.05) is 13.1 Å². The first-order chi connectivity index (χ1) is 11.2. The van der Waals surface area contributed by atoms with Crippen molar-refractivity contribution in [1.29, 1.82) is 0 Å². The molecule has 1 atom stereocenters. The number of hydrogen-bond donors (Lipinski definition) is 2. The molecule has 1 saturated heterocycles. The summed E-state index contributed by atoms with van der Waals surface area (Å²) in [6.07, 6.45) is 4.05. The molecular weight excluding hydrogens is 286 g/mol. The largest absolute Gasteiger partial charge is 0.354 e. The van der Waals surface area contributed by atoms with Crippen LogP contribution in [-0.4, -0.2) is 37.0 Å². The fourth-order valence-electron chi connectivity index (χ4n) is 3.52. The molecular formula is C19H31N3O. The molecule has 1 unspecified atom stereocenters. The van der Waals surface area contributed by atoms with Gasteiger partial charge in [-0.2, -0.15) is 0 Å². The number of rotatable bonds is 8. The summed E-state index contributed by atoms with van der Waals surface area (Å²) in [5.41, 5.74) is 6.75. The zero-order valence-corrected chi connectivity index (χ0v) is 14.6. The second-order valence-electron chi connectivity index (χ2n) is 6.57. The van der Waals surface area contributed by atoms with Crippen LogP contribution in [0.2, 0.25) is 0 Å². The van der Waals surface area contributed by atoms with Crippen molar-refractivity contribution < 1.29 is 4.79 Å². The summed E-state index contributed by atoms with van der Waals surface area (Å²) in [6.45, 7) is 7.38. The van der Waals surface area contributed by atoms with E-state index in [1.54, 1.807) is 0 Å². The molecule has 0 saturated carbocycles. The van der Waals surface area contributed by atoms with Crippen LogP contribution >= 0.6 is 0 Å². The summed E-state index contributed by atoms with van der Waals surface area (Å²) < 4.78 is 0. The minimum atomic E-state index is -0.424. The van der Waals surface area contributed by atoms with Crippen LogP contribution < -0.4 is 11.1 Å². The maximum Gasteiger partial charge on any atom is 0.227 e. The molecule has 0 aliphatic carbocycles. The van der Waals surface area contributed by atoms with Gasteiger partial charge in [-0.05, 0) is 44.3 Å². The minimum Gasteiger partial charge on any atom is -0.354 e. The highest BCUT2D eigenvalue weighted by Gasteiger charge is 2.34. The van der Waals surface area contributed by atoms with E-state index in [-0.39, 0.29) is 11.9 Å². The van der Waals surface area contributed by atoms with Crippen molar-refractivity contribution in [3.63, 3.8) is 0 Å². The van der Waals surface area contributed by atoms with E-state index in [0.717, 1.165) is 25.9 Å². The summed E-state index contributed by atoms with van der Waals surface area (Å²) in [5, 5.41) is 3.19.